The van der Waals surface area contributed by atoms with Gasteiger partial charge in [-0.15, -0.1) is 0 Å². The highest BCUT2D eigenvalue weighted by molar-refractivity contribution is 7.89. The van der Waals surface area contributed by atoms with Crippen LogP contribution in [0.4, 0.5) is 0 Å². The van der Waals surface area contributed by atoms with Crippen molar-refractivity contribution in [2.75, 3.05) is 20.2 Å². The molecular formula is C22H25NO6S. The third kappa shape index (κ3) is 5.06. The first-order valence-electron chi connectivity index (χ1n) is 9.87. The van der Waals surface area contributed by atoms with Gasteiger partial charge in [0.2, 0.25) is 16.1 Å². The minimum atomic E-state index is -3.60. The molecule has 8 heteroatoms. The topological polar surface area (TPSA) is 90.0 Å². The van der Waals surface area contributed by atoms with E-state index >= 15 is 0 Å². The highest BCUT2D eigenvalue weighted by Gasteiger charge is 2.28. The van der Waals surface area contributed by atoms with E-state index < -0.39 is 28.1 Å². The molecule has 1 unspecified atom stereocenters. The molecule has 0 aliphatic carbocycles. The monoisotopic (exact) mass is 431 g/mol. The Morgan fingerprint density at radius 1 is 0.900 bits per heavy atom. The van der Waals surface area contributed by atoms with Crippen molar-refractivity contribution >= 4 is 22.0 Å². The van der Waals surface area contributed by atoms with Gasteiger partial charge < -0.3 is 9.47 Å². The van der Waals surface area contributed by atoms with E-state index in [0.29, 0.717) is 18.7 Å². The van der Waals surface area contributed by atoms with Crippen molar-refractivity contribution in [2.24, 2.45) is 0 Å². The summed E-state index contributed by atoms with van der Waals surface area (Å²) >= 11 is 0. The van der Waals surface area contributed by atoms with Crippen molar-refractivity contribution in [1.82, 2.24) is 4.31 Å². The fourth-order valence-electron chi connectivity index (χ4n) is 3.36. The van der Waals surface area contributed by atoms with Gasteiger partial charge in [0.15, 0.2) is 0 Å². The van der Waals surface area contributed by atoms with Gasteiger partial charge in [0.05, 0.1) is 17.6 Å². The van der Waals surface area contributed by atoms with Gasteiger partial charge in [-0.1, -0.05) is 43.2 Å². The first-order valence-corrected chi connectivity index (χ1v) is 11.3. The van der Waals surface area contributed by atoms with E-state index in [1.165, 1.54) is 35.7 Å². The zero-order chi connectivity index (χ0) is 21.6. The quantitative estimate of drug-likeness (QED) is 0.652. The Bertz CT molecular complexity index is 964. The molecule has 2 aromatic rings. The molecule has 1 aliphatic heterocycles. The molecule has 1 saturated heterocycles. The standard InChI is InChI=1S/C22H25NO6S/c1-28-22(25)20(17-9-5-4-6-10-17)29-21(24)18-11-13-19(14-12-18)30(26,27)23-15-7-2-3-8-16-23/h4-6,9-14,20H,2-3,7-8,15-16H2,1H3. The minimum Gasteiger partial charge on any atom is -0.466 e. The van der Waals surface area contributed by atoms with E-state index in [1.54, 1.807) is 30.3 Å². The lowest BCUT2D eigenvalue weighted by atomic mass is 10.1. The van der Waals surface area contributed by atoms with E-state index in [-0.39, 0.29) is 10.5 Å². The molecule has 7 nitrogen and oxygen atoms in total. The van der Waals surface area contributed by atoms with Gasteiger partial charge in [-0.2, -0.15) is 4.31 Å². The zero-order valence-electron chi connectivity index (χ0n) is 16.8. The van der Waals surface area contributed by atoms with Gasteiger partial charge in [0, 0.05) is 18.7 Å². The number of ether oxygens (including phenoxy) is 2. The second-order valence-electron chi connectivity index (χ2n) is 7.06. The number of nitrogens with zero attached hydrogens (tertiary/aromatic N) is 1. The second-order valence-corrected chi connectivity index (χ2v) is 9.00. The van der Waals surface area contributed by atoms with E-state index in [2.05, 4.69) is 0 Å². The molecule has 30 heavy (non-hydrogen) atoms. The van der Waals surface area contributed by atoms with Crippen LogP contribution in [-0.2, 0) is 24.3 Å². The molecule has 0 spiro atoms. The third-order valence-electron chi connectivity index (χ3n) is 5.04. The first kappa shape index (κ1) is 22.0. The SMILES string of the molecule is COC(=O)C(OC(=O)c1ccc(S(=O)(=O)N2CCCCCC2)cc1)c1ccccc1. The molecule has 160 valence electrons. The number of methoxy groups -OCH3 is 1. The minimum absolute atomic E-state index is 0.133. The van der Waals surface area contributed by atoms with Crippen LogP contribution in [0.15, 0.2) is 59.5 Å². The number of carbonyl (C=O) groups excluding carboxylic acids is 2. The fraction of sp³-hybridized carbons (Fsp3) is 0.364. The maximum Gasteiger partial charge on any atom is 0.351 e. The summed E-state index contributed by atoms with van der Waals surface area (Å²) in [4.78, 5) is 24.8. The zero-order valence-corrected chi connectivity index (χ0v) is 17.6. The summed E-state index contributed by atoms with van der Waals surface area (Å²) < 4.78 is 37.3. The lowest BCUT2D eigenvalue weighted by Gasteiger charge is -2.20. The largest absolute Gasteiger partial charge is 0.466 e. The van der Waals surface area contributed by atoms with Crippen LogP contribution in [0.1, 0.15) is 47.7 Å². The molecule has 0 N–H and O–H groups in total. The van der Waals surface area contributed by atoms with Crippen molar-refractivity contribution in [3.05, 3.63) is 65.7 Å². The van der Waals surface area contributed by atoms with Gasteiger partial charge in [-0.25, -0.2) is 18.0 Å². The molecule has 1 atom stereocenters. The van der Waals surface area contributed by atoms with E-state index in [9.17, 15) is 18.0 Å². The lowest BCUT2D eigenvalue weighted by Crippen LogP contribution is -2.31. The maximum absolute atomic E-state index is 12.9. The molecule has 0 amide bonds. The van der Waals surface area contributed by atoms with Crippen LogP contribution in [0.2, 0.25) is 0 Å². The molecule has 1 heterocycles. The first-order chi connectivity index (χ1) is 14.4. The van der Waals surface area contributed by atoms with Crippen molar-refractivity contribution in [1.29, 1.82) is 0 Å². The average Bonchev–Trinajstić information content (AvgIpc) is 3.08. The summed E-state index contributed by atoms with van der Waals surface area (Å²) in [5.41, 5.74) is 0.632. The predicted octanol–water partition coefficient (Wildman–Crippen LogP) is 3.32. The second kappa shape index (κ2) is 9.86. The number of hydrogen-bond acceptors (Lipinski definition) is 6. The number of benzene rings is 2. The number of esters is 2. The molecule has 2 aromatic carbocycles. The fourth-order valence-corrected chi connectivity index (χ4v) is 4.87. The van der Waals surface area contributed by atoms with Crippen LogP contribution in [0.5, 0.6) is 0 Å². The van der Waals surface area contributed by atoms with Crippen molar-refractivity contribution in [2.45, 2.75) is 36.7 Å². The van der Waals surface area contributed by atoms with Crippen LogP contribution in [-0.4, -0.2) is 44.9 Å². The van der Waals surface area contributed by atoms with Crippen LogP contribution in [0, 0.1) is 0 Å². The van der Waals surface area contributed by atoms with Gasteiger partial charge in [0.1, 0.15) is 0 Å². The molecule has 1 aliphatic rings. The van der Waals surface area contributed by atoms with Crippen LogP contribution in [0.3, 0.4) is 0 Å². The Hall–Kier alpha value is -2.71. The van der Waals surface area contributed by atoms with Crippen molar-refractivity contribution in [3.8, 4) is 0 Å². The van der Waals surface area contributed by atoms with E-state index in [1.807, 2.05) is 0 Å². The van der Waals surface area contributed by atoms with Crippen molar-refractivity contribution < 1.29 is 27.5 Å². The smallest absolute Gasteiger partial charge is 0.351 e. The highest BCUT2D eigenvalue weighted by Crippen LogP contribution is 2.23. The Morgan fingerprint density at radius 2 is 1.50 bits per heavy atom. The highest BCUT2D eigenvalue weighted by atomic mass is 32.2. The van der Waals surface area contributed by atoms with Gasteiger partial charge in [-0.3, -0.25) is 0 Å². The molecule has 3 rings (SSSR count). The van der Waals surface area contributed by atoms with Gasteiger partial charge in [0.25, 0.3) is 0 Å². The van der Waals surface area contributed by atoms with Crippen LogP contribution < -0.4 is 0 Å². The average molecular weight is 432 g/mol. The molecular weight excluding hydrogens is 406 g/mol. The predicted molar refractivity (Wildman–Crippen MR) is 110 cm³/mol. The number of carbonyl (C=O) groups is 2. The summed E-state index contributed by atoms with van der Waals surface area (Å²) in [5, 5.41) is 0. The molecule has 0 bridgehead atoms. The van der Waals surface area contributed by atoms with E-state index in [4.69, 9.17) is 9.47 Å². The molecule has 0 saturated carbocycles. The van der Waals surface area contributed by atoms with Crippen LogP contribution in [0.25, 0.3) is 0 Å². The van der Waals surface area contributed by atoms with Crippen LogP contribution >= 0.6 is 0 Å². The Labute approximate surface area is 176 Å². The molecule has 0 aromatic heterocycles. The Balaban J connectivity index is 1.76. The summed E-state index contributed by atoms with van der Waals surface area (Å²) in [6.45, 7) is 1.01. The third-order valence-corrected chi connectivity index (χ3v) is 6.95. The Morgan fingerprint density at radius 3 is 2.07 bits per heavy atom. The summed E-state index contributed by atoms with van der Waals surface area (Å²) in [6.07, 6.45) is 2.54. The number of sulfonamides is 1. The summed E-state index contributed by atoms with van der Waals surface area (Å²) in [6, 6.07) is 14.1. The normalized spacial score (nSPS) is 16.3. The lowest BCUT2D eigenvalue weighted by molar-refractivity contribution is -0.151. The van der Waals surface area contributed by atoms with Gasteiger partial charge >= 0.3 is 11.9 Å². The summed E-state index contributed by atoms with van der Waals surface area (Å²) in [5.74, 6) is -1.44. The maximum atomic E-state index is 12.9. The van der Waals surface area contributed by atoms with Crippen molar-refractivity contribution in [3.63, 3.8) is 0 Å². The molecule has 0 radical (unpaired) electrons. The number of rotatable bonds is 6. The van der Waals surface area contributed by atoms with Gasteiger partial charge in [-0.05, 0) is 37.1 Å². The van der Waals surface area contributed by atoms with E-state index in [0.717, 1.165) is 25.7 Å². The number of hydrogen-bond donors (Lipinski definition) is 0. The Kier molecular flexibility index (Phi) is 7.23. The summed E-state index contributed by atoms with van der Waals surface area (Å²) in [7, 11) is -2.39. The molecule has 1 fully saturated rings.